The first-order valence-electron chi connectivity index (χ1n) is 8.19. The average molecular weight is 316 g/mol. The van der Waals surface area contributed by atoms with Crippen molar-refractivity contribution in [3.05, 3.63) is 41.5 Å². The quantitative estimate of drug-likeness (QED) is 0.869. The van der Waals surface area contributed by atoms with Crippen LogP contribution in [0.5, 0.6) is 5.75 Å². The van der Waals surface area contributed by atoms with E-state index in [0.29, 0.717) is 32.2 Å². The van der Waals surface area contributed by atoms with Gasteiger partial charge in [-0.05, 0) is 30.0 Å². The van der Waals surface area contributed by atoms with Crippen LogP contribution in [-0.4, -0.2) is 50.9 Å². The Morgan fingerprint density at radius 2 is 2.30 bits per heavy atom. The fourth-order valence-corrected chi connectivity index (χ4v) is 3.16. The van der Waals surface area contributed by atoms with Crippen LogP contribution >= 0.6 is 0 Å². The zero-order valence-corrected chi connectivity index (χ0v) is 13.6. The molecule has 0 fully saturated rings. The van der Waals surface area contributed by atoms with Crippen molar-refractivity contribution < 1.29 is 14.3 Å². The number of para-hydroxylation sites is 1. The Kier molecular flexibility index (Phi) is 5.18. The highest BCUT2D eigenvalue weighted by Gasteiger charge is 2.23. The Morgan fingerprint density at radius 1 is 1.43 bits per heavy atom. The topological polar surface area (TPSA) is 50.8 Å². The number of hydrogen-bond donors (Lipinski definition) is 1. The van der Waals surface area contributed by atoms with Crippen LogP contribution < -0.4 is 10.1 Å². The van der Waals surface area contributed by atoms with Crippen molar-refractivity contribution in [3.63, 3.8) is 0 Å². The number of urea groups is 1. The summed E-state index contributed by atoms with van der Waals surface area (Å²) in [5.74, 6) is 1.27. The summed E-state index contributed by atoms with van der Waals surface area (Å²) in [5.41, 5.74) is 2.47. The molecular weight excluding hydrogens is 292 g/mol. The zero-order valence-electron chi connectivity index (χ0n) is 13.6. The van der Waals surface area contributed by atoms with E-state index in [1.165, 1.54) is 11.1 Å². The van der Waals surface area contributed by atoms with Gasteiger partial charge in [-0.3, -0.25) is 0 Å². The van der Waals surface area contributed by atoms with Crippen LogP contribution in [0.25, 0.3) is 0 Å². The lowest BCUT2D eigenvalue weighted by molar-refractivity contribution is 0.192. The maximum Gasteiger partial charge on any atom is 0.317 e. The van der Waals surface area contributed by atoms with Crippen LogP contribution in [0.1, 0.15) is 24.3 Å². The molecule has 2 amide bonds. The van der Waals surface area contributed by atoms with Gasteiger partial charge in [0.05, 0.1) is 13.2 Å². The van der Waals surface area contributed by atoms with Gasteiger partial charge in [0.25, 0.3) is 0 Å². The minimum atomic E-state index is 0.0155. The number of nitrogens with zero attached hydrogens (tertiary/aromatic N) is 1. The summed E-state index contributed by atoms with van der Waals surface area (Å²) in [5, 5.41) is 3.08. The standard InChI is InChI=1S/C18H24N2O3/c1-22-13-14-6-9-20(10-7-14)18(21)19-12-15-8-11-23-17-5-3-2-4-16(15)17/h2-6,15H,7-13H2,1H3,(H,19,21). The van der Waals surface area contributed by atoms with E-state index in [0.717, 1.165) is 25.1 Å². The number of carbonyl (C=O) groups is 1. The number of carbonyl (C=O) groups excluding carboxylic acids is 1. The van der Waals surface area contributed by atoms with E-state index in [1.807, 2.05) is 23.1 Å². The zero-order chi connectivity index (χ0) is 16.1. The Balaban J connectivity index is 1.52. The monoisotopic (exact) mass is 316 g/mol. The van der Waals surface area contributed by atoms with Crippen LogP contribution in [-0.2, 0) is 4.74 Å². The number of ether oxygens (including phenoxy) is 2. The average Bonchev–Trinajstić information content (AvgIpc) is 2.60. The van der Waals surface area contributed by atoms with Gasteiger partial charge in [0, 0.05) is 32.7 Å². The SMILES string of the molecule is COCC1=CCN(C(=O)NCC2CCOc3ccccc32)CC1. The van der Waals surface area contributed by atoms with E-state index < -0.39 is 0 Å². The number of benzene rings is 1. The van der Waals surface area contributed by atoms with E-state index in [9.17, 15) is 4.79 Å². The molecule has 1 aromatic rings. The third-order valence-electron chi connectivity index (χ3n) is 4.50. The van der Waals surface area contributed by atoms with Gasteiger partial charge in [0.2, 0.25) is 0 Å². The normalized spacial score (nSPS) is 20.3. The second-order valence-corrected chi connectivity index (χ2v) is 6.05. The molecular formula is C18H24N2O3. The molecule has 0 radical (unpaired) electrons. The molecule has 1 unspecified atom stereocenters. The van der Waals surface area contributed by atoms with Crippen molar-refractivity contribution in [2.24, 2.45) is 0 Å². The molecule has 1 aromatic carbocycles. The van der Waals surface area contributed by atoms with E-state index >= 15 is 0 Å². The number of fused-ring (bicyclic) bond motifs is 1. The molecule has 5 heteroatoms. The molecule has 124 valence electrons. The lowest BCUT2D eigenvalue weighted by Gasteiger charge is -2.29. The maximum atomic E-state index is 12.3. The van der Waals surface area contributed by atoms with Crippen molar-refractivity contribution in [1.82, 2.24) is 10.2 Å². The van der Waals surface area contributed by atoms with Crippen LogP contribution in [0, 0.1) is 0 Å². The molecule has 1 atom stereocenters. The van der Waals surface area contributed by atoms with Gasteiger partial charge >= 0.3 is 6.03 Å². The molecule has 0 saturated heterocycles. The molecule has 0 aliphatic carbocycles. The van der Waals surface area contributed by atoms with Crippen LogP contribution in [0.4, 0.5) is 4.79 Å². The fourth-order valence-electron chi connectivity index (χ4n) is 3.16. The molecule has 2 aliphatic heterocycles. The van der Waals surface area contributed by atoms with Crippen molar-refractivity contribution in [2.45, 2.75) is 18.8 Å². The van der Waals surface area contributed by atoms with Crippen LogP contribution in [0.2, 0.25) is 0 Å². The lowest BCUT2D eigenvalue weighted by Crippen LogP contribution is -2.44. The predicted octanol–water partition coefficient (Wildman–Crippen LogP) is 2.54. The number of amides is 2. The molecule has 5 nitrogen and oxygen atoms in total. The van der Waals surface area contributed by atoms with Crippen molar-refractivity contribution in [1.29, 1.82) is 0 Å². The lowest BCUT2D eigenvalue weighted by atomic mass is 9.93. The van der Waals surface area contributed by atoms with E-state index in [-0.39, 0.29) is 6.03 Å². The van der Waals surface area contributed by atoms with Gasteiger partial charge in [0.15, 0.2) is 0 Å². The Labute approximate surface area is 137 Å². The largest absolute Gasteiger partial charge is 0.493 e. The molecule has 23 heavy (non-hydrogen) atoms. The first-order chi connectivity index (χ1) is 11.3. The predicted molar refractivity (Wildman–Crippen MR) is 88.8 cm³/mol. The summed E-state index contributed by atoms with van der Waals surface area (Å²) in [6.45, 7) is 3.45. The Morgan fingerprint density at radius 3 is 3.09 bits per heavy atom. The first-order valence-corrected chi connectivity index (χ1v) is 8.19. The maximum absolute atomic E-state index is 12.3. The Bertz CT molecular complexity index is 585. The third kappa shape index (κ3) is 3.85. The number of nitrogens with one attached hydrogen (secondary N) is 1. The molecule has 0 bridgehead atoms. The molecule has 2 aliphatic rings. The van der Waals surface area contributed by atoms with Gasteiger partial charge < -0.3 is 19.7 Å². The van der Waals surface area contributed by atoms with Crippen LogP contribution in [0.3, 0.4) is 0 Å². The van der Waals surface area contributed by atoms with Crippen LogP contribution in [0.15, 0.2) is 35.9 Å². The summed E-state index contributed by atoms with van der Waals surface area (Å²) in [6.07, 6.45) is 3.92. The molecule has 0 spiro atoms. The van der Waals surface area contributed by atoms with E-state index in [1.54, 1.807) is 7.11 Å². The first kappa shape index (κ1) is 15.9. The van der Waals surface area contributed by atoms with Crippen molar-refractivity contribution >= 4 is 6.03 Å². The molecule has 0 saturated carbocycles. The summed E-state index contributed by atoms with van der Waals surface area (Å²) in [6, 6.07) is 8.11. The summed E-state index contributed by atoms with van der Waals surface area (Å²) >= 11 is 0. The molecule has 3 rings (SSSR count). The summed E-state index contributed by atoms with van der Waals surface area (Å²) in [4.78, 5) is 14.2. The highest BCUT2D eigenvalue weighted by atomic mass is 16.5. The minimum Gasteiger partial charge on any atom is -0.493 e. The van der Waals surface area contributed by atoms with Crippen molar-refractivity contribution in [3.8, 4) is 5.75 Å². The van der Waals surface area contributed by atoms with Crippen molar-refractivity contribution in [2.75, 3.05) is 40.0 Å². The van der Waals surface area contributed by atoms with Gasteiger partial charge in [-0.1, -0.05) is 24.3 Å². The molecule has 0 aromatic heterocycles. The third-order valence-corrected chi connectivity index (χ3v) is 4.50. The number of rotatable bonds is 4. The smallest absolute Gasteiger partial charge is 0.317 e. The Hall–Kier alpha value is -2.01. The van der Waals surface area contributed by atoms with Gasteiger partial charge in [-0.15, -0.1) is 0 Å². The summed E-state index contributed by atoms with van der Waals surface area (Å²) < 4.78 is 10.8. The second-order valence-electron chi connectivity index (χ2n) is 6.05. The van der Waals surface area contributed by atoms with Gasteiger partial charge in [-0.25, -0.2) is 4.79 Å². The highest BCUT2D eigenvalue weighted by molar-refractivity contribution is 5.74. The summed E-state index contributed by atoms with van der Waals surface area (Å²) in [7, 11) is 1.70. The second kappa shape index (κ2) is 7.51. The van der Waals surface area contributed by atoms with E-state index in [2.05, 4.69) is 17.5 Å². The number of hydrogen-bond acceptors (Lipinski definition) is 3. The minimum absolute atomic E-state index is 0.0155. The highest BCUT2D eigenvalue weighted by Crippen LogP contribution is 2.32. The molecule has 2 heterocycles. The van der Waals surface area contributed by atoms with Gasteiger partial charge in [-0.2, -0.15) is 0 Å². The number of methoxy groups -OCH3 is 1. The molecule has 1 N–H and O–H groups in total. The fraction of sp³-hybridized carbons (Fsp3) is 0.500. The van der Waals surface area contributed by atoms with E-state index in [4.69, 9.17) is 9.47 Å². The van der Waals surface area contributed by atoms with Gasteiger partial charge in [0.1, 0.15) is 5.75 Å².